The highest BCUT2D eigenvalue weighted by molar-refractivity contribution is 5.95. The van der Waals surface area contributed by atoms with Crippen molar-refractivity contribution in [2.24, 2.45) is 11.1 Å². The van der Waals surface area contributed by atoms with Gasteiger partial charge >= 0.3 is 12.4 Å². The predicted molar refractivity (Wildman–Crippen MR) is 123 cm³/mol. The van der Waals surface area contributed by atoms with Crippen molar-refractivity contribution < 1.29 is 35.9 Å². The number of nitrogens with two attached hydrogens (primary N) is 1. The zero-order valence-electron chi connectivity index (χ0n) is 19.8. The summed E-state index contributed by atoms with van der Waals surface area (Å²) < 4.78 is 78.7. The van der Waals surface area contributed by atoms with Crippen molar-refractivity contribution in [3.8, 4) is 0 Å². The Hall–Kier alpha value is -3.57. The lowest BCUT2D eigenvalue weighted by atomic mass is 9.33. The summed E-state index contributed by atoms with van der Waals surface area (Å²) in [6.07, 6.45) is -7.70. The van der Waals surface area contributed by atoms with E-state index in [1.165, 1.54) is 12.1 Å². The molecule has 0 atom stereocenters. The first-order chi connectivity index (χ1) is 17.7. The molecule has 4 aliphatic rings. The van der Waals surface area contributed by atoms with Crippen molar-refractivity contribution in [3.05, 3.63) is 64.5 Å². The maximum Gasteiger partial charge on any atom is 0.416 e. The molecule has 2 aromatic carbocycles. The van der Waals surface area contributed by atoms with E-state index in [9.17, 15) is 35.9 Å². The fraction of sp³-hybridized carbons (Fsp3) is 0.423. The van der Waals surface area contributed by atoms with Crippen LogP contribution in [0.4, 0.5) is 26.3 Å². The van der Waals surface area contributed by atoms with Crippen LogP contribution >= 0.6 is 0 Å². The fourth-order valence-corrected chi connectivity index (χ4v) is 6.24. The average molecular weight is 536 g/mol. The molecule has 0 spiro atoms. The van der Waals surface area contributed by atoms with Crippen LogP contribution in [0.15, 0.2) is 36.4 Å². The number of nitrogens with one attached hydrogen (secondary N) is 2. The van der Waals surface area contributed by atoms with Gasteiger partial charge < -0.3 is 16.0 Å². The monoisotopic (exact) mass is 536 g/mol. The third kappa shape index (κ3) is 3.52. The number of carbonyl (C=O) groups excluding carboxylic acids is 2. The summed E-state index contributed by atoms with van der Waals surface area (Å²) in [6, 6.07) is 8.25. The van der Waals surface area contributed by atoms with Crippen molar-refractivity contribution >= 4 is 22.8 Å². The van der Waals surface area contributed by atoms with Crippen LogP contribution < -0.4 is 11.1 Å². The van der Waals surface area contributed by atoms with Crippen LogP contribution in [0, 0.1) is 5.41 Å². The van der Waals surface area contributed by atoms with Crippen LogP contribution in [0.2, 0.25) is 0 Å². The third-order valence-corrected chi connectivity index (χ3v) is 8.44. The summed E-state index contributed by atoms with van der Waals surface area (Å²) in [5, 5.41) is 2.33. The third-order valence-electron chi connectivity index (χ3n) is 8.44. The van der Waals surface area contributed by atoms with E-state index in [1.807, 2.05) is 0 Å². The van der Waals surface area contributed by atoms with Gasteiger partial charge in [-0.25, -0.2) is 4.98 Å². The van der Waals surface area contributed by atoms with Crippen LogP contribution in [-0.2, 0) is 28.3 Å². The molecule has 0 unspecified atom stereocenters. The molecule has 0 radical (unpaired) electrons. The molecular weight excluding hydrogens is 514 g/mol. The van der Waals surface area contributed by atoms with E-state index in [1.54, 1.807) is 12.1 Å². The van der Waals surface area contributed by atoms with Crippen LogP contribution in [0.3, 0.4) is 0 Å². The van der Waals surface area contributed by atoms with Crippen LogP contribution in [0.25, 0.3) is 11.0 Å². The van der Waals surface area contributed by atoms with E-state index in [0.29, 0.717) is 41.7 Å². The van der Waals surface area contributed by atoms with E-state index < -0.39 is 35.1 Å². The van der Waals surface area contributed by atoms with Gasteiger partial charge in [-0.1, -0.05) is 12.1 Å². The molecule has 12 heteroatoms. The van der Waals surface area contributed by atoms with Gasteiger partial charge in [0.15, 0.2) is 0 Å². The first kappa shape index (κ1) is 24.7. The molecule has 200 valence electrons. The van der Waals surface area contributed by atoms with Crippen molar-refractivity contribution in [2.45, 2.75) is 61.8 Å². The average Bonchev–Trinajstić information content (AvgIpc) is 3.50. The number of H-pyrrole nitrogens is 1. The largest absolute Gasteiger partial charge is 0.416 e. The number of nitrogens with zero attached hydrogens (tertiary/aromatic N) is 1. The van der Waals surface area contributed by atoms with Gasteiger partial charge in [0.1, 0.15) is 11.2 Å². The van der Waals surface area contributed by atoms with Gasteiger partial charge in [0.05, 0.1) is 16.6 Å². The number of primary amides is 1. The van der Waals surface area contributed by atoms with Crippen molar-refractivity contribution in [1.82, 2.24) is 15.3 Å². The Morgan fingerprint density at radius 2 is 1.66 bits per heavy atom. The van der Waals surface area contributed by atoms with Crippen molar-refractivity contribution in [2.75, 3.05) is 0 Å². The van der Waals surface area contributed by atoms with Gasteiger partial charge in [-0.2, -0.15) is 26.3 Å². The Balaban J connectivity index is 1.18. The lowest BCUT2D eigenvalue weighted by molar-refractivity contribution is -0.192. The summed E-state index contributed by atoms with van der Waals surface area (Å²) >= 11 is 0. The Morgan fingerprint density at radius 1 is 0.974 bits per heavy atom. The molecule has 2 amide bonds. The highest BCUT2D eigenvalue weighted by Gasteiger charge is 2.71. The van der Waals surface area contributed by atoms with Crippen LogP contribution in [0.1, 0.15) is 65.0 Å². The van der Waals surface area contributed by atoms with Gasteiger partial charge in [-0.3, -0.25) is 9.59 Å². The van der Waals surface area contributed by atoms with Crippen LogP contribution in [-0.4, -0.2) is 28.0 Å². The molecule has 3 aromatic rings. The number of benzene rings is 2. The number of aromatic amines is 1. The number of aromatic nitrogens is 2. The second kappa shape index (κ2) is 7.51. The fourth-order valence-electron chi connectivity index (χ4n) is 6.24. The van der Waals surface area contributed by atoms with E-state index >= 15 is 0 Å². The van der Waals surface area contributed by atoms with Gasteiger partial charge in [0.25, 0.3) is 0 Å². The molecule has 0 aliphatic heterocycles. The Bertz CT molecular complexity index is 1480. The number of carbonyl (C=O) groups is 2. The highest BCUT2D eigenvalue weighted by Crippen LogP contribution is 2.73. The molecule has 0 saturated heterocycles. The minimum atomic E-state index is -4.61. The highest BCUT2D eigenvalue weighted by atomic mass is 19.4. The summed E-state index contributed by atoms with van der Waals surface area (Å²) in [5.41, 5.74) is 3.98. The van der Waals surface area contributed by atoms with E-state index in [2.05, 4.69) is 15.3 Å². The lowest BCUT2D eigenvalue weighted by Gasteiger charge is -2.70. The number of hydrogen-bond donors (Lipinski definition) is 3. The van der Waals surface area contributed by atoms with Gasteiger partial charge in [0.2, 0.25) is 11.8 Å². The normalized spacial score (nSPS) is 25.4. The lowest BCUT2D eigenvalue weighted by Crippen LogP contribution is -2.68. The van der Waals surface area contributed by atoms with E-state index in [0.717, 1.165) is 12.1 Å². The van der Waals surface area contributed by atoms with Gasteiger partial charge in [0, 0.05) is 17.5 Å². The predicted octanol–water partition coefficient (Wildman–Crippen LogP) is 5.01. The number of rotatable bonds is 6. The SMILES string of the molecule is NC(=O)c1cc(CNC(=O)C2(C(F)(F)F)CC2)ccc1C12CC(c3nc4cc(C(F)(F)F)ccc4[nH]3)(C1)C2. The minimum absolute atomic E-state index is 0.174. The Labute approximate surface area is 212 Å². The molecular formula is C26H22F6N4O2. The maximum absolute atomic E-state index is 13.2. The van der Waals surface area contributed by atoms with Crippen molar-refractivity contribution in [1.29, 1.82) is 0 Å². The molecule has 4 saturated carbocycles. The summed E-state index contributed by atoms with van der Waals surface area (Å²) in [6.45, 7) is -0.174. The molecule has 7 rings (SSSR count). The zero-order valence-corrected chi connectivity index (χ0v) is 19.8. The number of fused-ring (bicyclic) bond motifs is 1. The molecule has 4 aliphatic carbocycles. The first-order valence-electron chi connectivity index (χ1n) is 12.0. The molecule has 1 aromatic heterocycles. The minimum Gasteiger partial charge on any atom is -0.366 e. The van der Waals surface area contributed by atoms with Crippen LogP contribution in [0.5, 0.6) is 0 Å². The molecule has 38 heavy (non-hydrogen) atoms. The second-order valence-electron chi connectivity index (χ2n) is 10.9. The number of alkyl halides is 6. The first-order valence-corrected chi connectivity index (χ1v) is 12.0. The molecule has 2 bridgehead atoms. The topological polar surface area (TPSA) is 101 Å². The molecule has 4 N–H and O–H groups in total. The summed E-state index contributed by atoms with van der Waals surface area (Å²) in [7, 11) is 0. The van der Waals surface area contributed by atoms with E-state index in [-0.39, 0.29) is 41.3 Å². The number of hydrogen-bond acceptors (Lipinski definition) is 3. The number of amides is 2. The second-order valence-corrected chi connectivity index (χ2v) is 10.9. The van der Waals surface area contributed by atoms with Gasteiger partial charge in [-0.05, 0) is 72.9 Å². The van der Waals surface area contributed by atoms with Crippen molar-refractivity contribution in [3.63, 3.8) is 0 Å². The zero-order chi connectivity index (χ0) is 27.3. The standard InChI is InChI=1S/C26H22F6N4O2/c27-25(28,29)14-2-4-17-18(8-14)36-20(35-17)23-10-22(11-23,12-23)16-3-1-13(7-15(16)19(33)37)9-34-21(38)24(5-6-24)26(30,31)32/h1-4,7-8H,5-6,9-12H2,(H2,33,37)(H,34,38)(H,35,36). The van der Waals surface area contributed by atoms with E-state index in [4.69, 9.17) is 5.73 Å². The Morgan fingerprint density at radius 3 is 2.24 bits per heavy atom. The Kier molecular flexibility index (Phi) is 4.89. The number of imidazole rings is 1. The number of halogens is 6. The molecule has 6 nitrogen and oxygen atoms in total. The smallest absolute Gasteiger partial charge is 0.366 e. The molecule has 1 heterocycles. The molecule has 4 fully saturated rings. The quantitative estimate of drug-likeness (QED) is 0.386. The summed E-state index contributed by atoms with van der Waals surface area (Å²) in [4.78, 5) is 32.0. The van der Waals surface area contributed by atoms with Gasteiger partial charge in [-0.15, -0.1) is 0 Å². The summed E-state index contributed by atoms with van der Waals surface area (Å²) in [5.74, 6) is -1.17. The maximum atomic E-state index is 13.2.